The lowest BCUT2D eigenvalue weighted by Gasteiger charge is -2.09. The number of rotatable bonds is 2. The van der Waals surface area contributed by atoms with Gasteiger partial charge in [0, 0.05) is 0 Å². The molecule has 13 heavy (non-hydrogen) atoms. The van der Waals surface area contributed by atoms with Crippen molar-refractivity contribution >= 4 is 0 Å². The van der Waals surface area contributed by atoms with Crippen molar-refractivity contribution in [3.63, 3.8) is 0 Å². The molecule has 2 rings (SSSR count). The molecule has 1 atom stereocenters. The topological polar surface area (TPSA) is 20.2 Å². The largest absolute Gasteiger partial charge is 0.388 e. The normalized spacial score (nSPS) is 17.1. The van der Waals surface area contributed by atoms with Crippen LogP contribution in [0.4, 0.5) is 0 Å². The van der Waals surface area contributed by atoms with Gasteiger partial charge >= 0.3 is 0 Å². The molecule has 0 radical (unpaired) electrons. The van der Waals surface area contributed by atoms with Crippen LogP contribution in [0.1, 0.15) is 42.6 Å². The van der Waals surface area contributed by atoms with E-state index >= 15 is 0 Å². The third kappa shape index (κ3) is 1.61. The van der Waals surface area contributed by atoms with Gasteiger partial charge in [-0.05, 0) is 42.4 Å². The van der Waals surface area contributed by atoms with Crippen molar-refractivity contribution in [2.75, 3.05) is 0 Å². The Hall–Kier alpha value is -0.820. The third-order valence-corrected chi connectivity index (χ3v) is 2.89. The first-order valence-electron chi connectivity index (χ1n) is 5.11. The van der Waals surface area contributed by atoms with E-state index in [1.54, 1.807) is 0 Å². The van der Waals surface area contributed by atoms with E-state index in [2.05, 4.69) is 18.2 Å². The zero-order valence-electron chi connectivity index (χ0n) is 8.09. The number of fused-ring (bicyclic) bond motifs is 1. The lowest BCUT2D eigenvalue weighted by molar-refractivity contribution is 0.173. The van der Waals surface area contributed by atoms with Gasteiger partial charge < -0.3 is 5.11 Å². The molecule has 0 unspecified atom stereocenters. The number of aliphatic hydroxyl groups is 1. The molecule has 0 saturated heterocycles. The summed E-state index contributed by atoms with van der Waals surface area (Å²) in [5, 5.41) is 9.66. The highest BCUT2D eigenvalue weighted by Crippen LogP contribution is 2.26. The Kier molecular flexibility index (Phi) is 2.36. The second kappa shape index (κ2) is 3.51. The highest BCUT2D eigenvalue weighted by molar-refractivity contribution is 5.36. The molecule has 1 aromatic carbocycles. The van der Waals surface area contributed by atoms with Crippen LogP contribution in [0.5, 0.6) is 0 Å². The summed E-state index contributed by atoms with van der Waals surface area (Å²) < 4.78 is 0. The van der Waals surface area contributed by atoms with Gasteiger partial charge in [-0.25, -0.2) is 0 Å². The van der Waals surface area contributed by atoms with Crippen LogP contribution in [0.2, 0.25) is 0 Å². The molecule has 0 heterocycles. The lowest BCUT2D eigenvalue weighted by atomic mass is 10.0. The fraction of sp³-hybridized carbons (Fsp3) is 0.500. The highest BCUT2D eigenvalue weighted by atomic mass is 16.3. The molecular weight excluding hydrogens is 160 g/mol. The Morgan fingerprint density at radius 1 is 1.31 bits per heavy atom. The van der Waals surface area contributed by atoms with Gasteiger partial charge in [0.15, 0.2) is 0 Å². The molecule has 0 spiro atoms. The van der Waals surface area contributed by atoms with Crippen molar-refractivity contribution in [1.82, 2.24) is 0 Å². The van der Waals surface area contributed by atoms with Crippen molar-refractivity contribution in [3.05, 3.63) is 34.9 Å². The molecular formula is C12H16O. The maximum absolute atomic E-state index is 9.66. The van der Waals surface area contributed by atoms with E-state index in [-0.39, 0.29) is 6.10 Å². The smallest absolute Gasteiger partial charge is 0.0787 e. The van der Waals surface area contributed by atoms with Gasteiger partial charge in [0.25, 0.3) is 0 Å². The predicted octanol–water partition coefficient (Wildman–Crippen LogP) is 2.62. The van der Waals surface area contributed by atoms with E-state index in [0.717, 1.165) is 12.0 Å². The minimum absolute atomic E-state index is 0.272. The van der Waals surface area contributed by atoms with E-state index in [1.807, 2.05) is 6.92 Å². The fourth-order valence-corrected chi connectivity index (χ4v) is 2.03. The Bertz CT molecular complexity index is 304. The molecule has 1 aliphatic rings. The minimum Gasteiger partial charge on any atom is -0.388 e. The lowest BCUT2D eigenvalue weighted by Crippen LogP contribution is -1.96. The number of aliphatic hydroxyl groups excluding tert-OH is 1. The zero-order chi connectivity index (χ0) is 9.26. The van der Waals surface area contributed by atoms with Crippen LogP contribution >= 0.6 is 0 Å². The van der Waals surface area contributed by atoms with E-state index in [4.69, 9.17) is 0 Å². The second-order valence-electron chi connectivity index (χ2n) is 3.81. The Balaban J connectivity index is 2.30. The number of benzene rings is 1. The quantitative estimate of drug-likeness (QED) is 0.734. The van der Waals surface area contributed by atoms with Gasteiger partial charge in [-0.3, -0.25) is 0 Å². The van der Waals surface area contributed by atoms with Crippen LogP contribution in [-0.2, 0) is 12.8 Å². The SMILES string of the molecule is CC[C@H](O)c1ccc2c(c1)CCC2. The molecule has 0 fully saturated rings. The van der Waals surface area contributed by atoms with Gasteiger partial charge in [0.05, 0.1) is 6.10 Å². The number of aryl methyl sites for hydroxylation is 2. The van der Waals surface area contributed by atoms with E-state index in [1.165, 1.54) is 30.4 Å². The fourth-order valence-electron chi connectivity index (χ4n) is 2.03. The van der Waals surface area contributed by atoms with Crippen molar-refractivity contribution in [2.24, 2.45) is 0 Å². The number of hydrogen-bond acceptors (Lipinski definition) is 1. The Labute approximate surface area is 79.4 Å². The molecule has 0 bridgehead atoms. The molecule has 1 nitrogen and oxygen atoms in total. The van der Waals surface area contributed by atoms with E-state index in [0.29, 0.717) is 0 Å². The van der Waals surface area contributed by atoms with Crippen LogP contribution in [-0.4, -0.2) is 5.11 Å². The summed E-state index contributed by atoms with van der Waals surface area (Å²) in [6.45, 7) is 2.01. The first-order valence-corrected chi connectivity index (χ1v) is 5.11. The molecule has 1 N–H and O–H groups in total. The Morgan fingerprint density at radius 3 is 2.85 bits per heavy atom. The predicted molar refractivity (Wildman–Crippen MR) is 53.7 cm³/mol. The molecule has 1 aromatic rings. The van der Waals surface area contributed by atoms with Crippen LogP contribution in [0.15, 0.2) is 18.2 Å². The first-order chi connectivity index (χ1) is 6.31. The van der Waals surface area contributed by atoms with Crippen LogP contribution in [0, 0.1) is 0 Å². The minimum atomic E-state index is -0.272. The van der Waals surface area contributed by atoms with Gasteiger partial charge in [-0.15, -0.1) is 0 Å². The van der Waals surface area contributed by atoms with Gasteiger partial charge in [0.2, 0.25) is 0 Å². The average Bonchev–Trinajstić information content (AvgIpc) is 2.63. The van der Waals surface area contributed by atoms with Crippen LogP contribution < -0.4 is 0 Å². The molecule has 1 heteroatoms. The molecule has 0 aliphatic heterocycles. The zero-order valence-corrected chi connectivity index (χ0v) is 8.09. The Morgan fingerprint density at radius 2 is 2.08 bits per heavy atom. The van der Waals surface area contributed by atoms with E-state index < -0.39 is 0 Å². The molecule has 70 valence electrons. The summed E-state index contributed by atoms with van der Waals surface area (Å²) in [4.78, 5) is 0. The summed E-state index contributed by atoms with van der Waals surface area (Å²) >= 11 is 0. The maximum Gasteiger partial charge on any atom is 0.0787 e. The van der Waals surface area contributed by atoms with Gasteiger partial charge in [-0.1, -0.05) is 25.1 Å². The van der Waals surface area contributed by atoms with Crippen molar-refractivity contribution < 1.29 is 5.11 Å². The maximum atomic E-state index is 9.66. The summed E-state index contributed by atoms with van der Waals surface area (Å²) in [5.74, 6) is 0. The second-order valence-corrected chi connectivity index (χ2v) is 3.81. The summed E-state index contributed by atoms with van der Waals surface area (Å²) in [6.07, 6.45) is 4.22. The van der Waals surface area contributed by atoms with Crippen molar-refractivity contribution in [1.29, 1.82) is 0 Å². The van der Waals surface area contributed by atoms with Crippen LogP contribution in [0.25, 0.3) is 0 Å². The van der Waals surface area contributed by atoms with Gasteiger partial charge in [-0.2, -0.15) is 0 Å². The molecule has 1 aliphatic carbocycles. The van der Waals surface area contributed by atoms with Crippen molar-refractivity contribution in [2.45, 2.75) is 38.7 Å². The monoisotopic (exact) mass is 176 g/mol. The molecule has 0 aromatic heterocycles. The van der Waals surface area contributed by atoms with E-state index in [9.17, 15) is 5.11 Å². The highest BCUT2D eigenvalue weighted by Gasteiger charge is 2.12. The summed E-state index contributed by atoms with van der Waals surface area (Å²) in [7, 11) is 0. The summed E-state index contributed by atoms with van der Waals surface area (Å²) in [6, 6.07) is 6.42. The first kappa shape index (κ1) is 8.76. The third-order valence-electron chi connectivity index (χ3n) is 2.89. The number of hydrogen-bond donors (Lipinski definition) is 1. The molecule has 0 saturated carbocycles. The summed E-state index contributed by atoms with van der Waals surface area (Å²) in [5.41, 5.74) is 4.01. The molecule has 0 amide bonds. The van der Waals surface area contributed by atoms with Gasteiger partial charge in [0.1, 0.15) is 0 Å². The van der Waals surface area contributed by atoms with Crippen LogP contribution in [0.3, 0.4) is 0 Å². The van der Waals surface area contributed by atoms with Crippen molar-refractivity contribution in [3.8, 4) is 0 Å². The standard InChI is InChI=1S/C12H16O/c1-2-12(13)11-7-6-9-4-3-5-10(9)8-11/h6-8,12-13H,2-5H2,1H3/t12-/m0/s1. The average molecular weight is 176 g/mol.